The van der Waals surface area contributed by atoms with Gasteiger partial charge in [-0.15, -0.1) is 0 Å². The van der Waals surface area contributed by atoms with Crippen LogP contribution >= 0.6 is 0 Å². The summed E-state index contributed by atoms with van der Waals surface area (Å²) in [6.07, 6.45) is 6.76. The summed E-state index contributed by atoms with van der Waals surface area (Å²) in [7, 11) is 0. The number of amides is 1. The van der Waals surface area contributed by atoms with E-state index in [2.05, 4.69) is 44.5 Å². The summed E-state index contributed by atoms with van der Waals surface area (Å²) < 4.78 is 1.67. The molecule has 2 aromatic heterocycles. The summed E-state index contributed by atoms with van der Waals surface area (Å²) in [5.41, 5.74) is 4.71. The number of aryl methyl sites for hydroxylation is 2. The van der Waals surface area contributed by atoms with Crippen molar-refractivity contribution >= 4 is 34.5 Å². The van der Waals surface area contributed by atoms with Crippen LogP contribution in [0.5, 0.6) is 0 Å². The average molecular weight is 553 g/mol. The maximum absolute atomic E-state index is 13.0. The highest BCUT2D eigenvalue weighted by molar-refractivity contribution is 5.92. The standard InChI is InChI=1S/C31H32N6O4/c1-20(38)36-15-13-35(14-16-36)12-11-21-5-8-24(9-6-21)33-31-32-18-26-28(39)27(30(40)41)19-37(29(26)34-31)25-10-7-22-3-2-4-23(22)17-25/h5-10,17-19H,2-4,11-16H2,1H3,(H,40,41)(H,32,33,34). The van der Waals surface area contributed by atoms with Crippen LogP contribution in [-0.2, 0) is 24.1 Å². The lowest BCUT2D eigenvalue weighted by Gasteiger charge is -2.34. The normalized spacial score (nSPS) is 15.2. The number of aromatic nitrogens is 3. The summed E-state index contributed by atoms with van der Waals surface area (Å²) in [5.74, 6) is -0.835. The number of piperazine rings is 1. The van der Waals surface area contributed by atoms with E-state index in [0.717, 1.165) is 69.8 Å². The Morgan fingerprint density at radius 1 is 1.00 bits per heavy atom. The van der Waals surface area contributed by atoms with E-state index in [1.54, 1.807) is 11.5 Å². The summed E-state index contributed by atoms with van der Waals surface area (Å²) in [6, 6.07) is 14.1. The molecule has 3 heterocycles. The van der Waals surface area contributed by atoms with E-state index in [9.17, 15) is 19.5 Å². The number of benzene rings is 2. The maximum Gasteiger partial charge on any atom is 0.341 e. The van der Waals surface area contributed by atoms with Crippen molar-refractivity contribution in [3.8, 4) is 5.69 Å². The molecule has 0 radical (unpaired) electrons. The third kappa shape index (κ3) is 5.55. The number of carboxylic acids is 1. The third-order valence-corrected chi connectivity index (χ3v) is 8.08. The molecule has 6 rings (SSSR count). The van der Waals surface area contributed by atoms with Crippen LogP contribution in [0.2, 0.25) is 0 Å². The number of nitrogens with one attached hydrogen (secondary N) is 1. The topological polar surface area (TPSA) is 121 Å². The number of aromatic carboxylic acids is 1. The van der Waals surface area contributed by atoms with E-state index in [0.29, 0.717) is 11.6 Å². The lowest BCUT2D eigenvalue weighted by molar-refractivity contribution is -0.130. The Kier molecular flexibility index (Phi) is 7.23. The zero-order valence-corrected chi connectivity index (χ0v) is 23.0. The molecule has 1 fully saturated rings. The lowest BCUT2D eigenvalue weighted by Crippen LogP contribution is -2.48. The molecule has 41 heavy (non-hydrogen) atoms. The van der Waals surface area contributed by atoms with Crippen molar-refractivity contribution in [2.75, 3.05) is 38.0 Å². The molecule has 210 valence electrons. The Morgan fingerprint density at radius 3 is 2.49 bits per heavy atom. The van der Waals surface area contributed by atoms with Crippen LogP contribution in [0.1, 0.15) is 40.4 Å². The van der Waals surface area contributed by atoms with Gasteiger partial charge in [-0.05, 0) is 66.6 Å². The van der Waals surface area contributed by atoms with E-state index in [1.807, 2.05) is 23.1 Å². The van der Waals surface area contributed by atoms with E-state index in [1.165, 1.54) is 29.1 Å². The van der Waals surface area contributed by atoms with Gasteiger partial charge < -0.3 is 19.9 Å². The fourth-order valence-corrected chi connectivity index (χ4v) is 5.69. The Labute approximate surface area is 237 Å². The molecule has 0 spiro atoms. The van der Waals surface area contributed by atoms with E-state index < -0.39 is 11.4 Å². The molecule has 1 aliphatic heterocycles. The molecular weight excluding hydrogens is 520 g/mol. The number of carbonyl (C=O) groups is 2. The van der Waals surface area contributed by atoms with Crippen molar-refractivity contribution in [3.05, 3.63) is 87.3 Å². The van der Waals surface area contributed by atoms with Gasteiger partial charge in [0.1, 0.15) is 5.56 Å². The number of anilines is 2. The van der Waals surface area contributed by atoms with Crippen LogP contribution in [-0.4, -0.2) is 74.0 Å². The van der Waals surface area contributed by atoms with E-state index >= 15 is 0 Å². The fraction of sp³-hybridized carbons (Fsp3) is 0.323. The van der Waals surface area contributed by atoms with Crippen LogP contribution in [0.3, 0.4) is 0 Å². The molecule has 10 nitrogen and oxygen atoms in total. The summed E-state index contributed by atoms with van der Waals surface area (Å²) in [6.45, 7) is 5.90. The highest BCUT2D eigenvalue weighted by Crippen LogP contribution is 2.26. The zero-order chi connectivity index (χ0) is 28.5. The lowest BCUT2D eigenvalue weighted by atomic mass is 10.1. The number of hydrogen-bond donors (Lipinski definition) is 2. The minimum Gasteiger partial charge on any atom is -0.477 e. The molecule has 1 saturated heterocycles. The molecule has 4 aromatic rings. The third-order valence-electron chi connectivity index (χ3n) is 8.08. The van der Waals surface area contributed by atoms with Gasteiger partial charge in [0.15, 0.2) is 5.65 Å². The van der Waals surface area contributed by atoms with Gasteiger partial charge in [0.25, 0.3) is 0 Å². The monoisotopic (exact) mass is 552 g/mol. The number of rotatable bonds is 7. The molecule has 0 bridgehead atoms. The van der Waals surface area contributed by atoms with E-state index in [-0.39, 0.29) is 16.9 Å². The highest BCUT2D eigenvalue weighted by atomic mass is 16.4. The summed E-state index contributed by atoms with van der Waals surface area (Å²) >= 11 is 0. The second-order valence-electron chi connectivity index (χ2n) is 10.7. The Morgan fingerprint density at radius 2 is 1.76 bits per heavy atom. The van der Waals surface area contributed by atoms with Crippen LogP contribution in [0.15, 0.2) is 59.7 Å². The molecular formula is C31H32N6O4. The first kappa shape index (κ1) is 26.6. The molecule has 0 atom stereocenters. The number of pyridine rings is 1. The quantitative estimate of drug-likeness (QED) is 0.358. The Hall–Kier alpha value is -4.57. The van der Waals surface area contributed by atoms with Crippen molar-refractivity contribution in [2.24, 2.45) is 0 Å². The van der Waals surface area contributed by atoms with Crippen molar-refractivity contribution < 1.29 is 14.7 Å². The molecule has 10 heteroatoms. The van der Waals surface area contributed by atoms with Crippen LogP contribution in [0, 0.1) is 0 Å². The summed E-state index contributed by atoms with van der Waals surface area (Å²) in [4.78, 5) is 49.6. The Balaban J connectivity index is 1.22. The number of carbonyl (C=O) groups excluding carboxylic acids is 1. The molecule has 0 saturated carbocycles. The molecule has 1 aliphatic carbocycles. The molecule has 1 amide bonds. The first-order valence-electron chi connectivity index (χ1n) is 14.0. The van der Waals surface area contributed by atoms with E-state index in [4.69, 9.17) is 0 Å². The Bertz CT molecular complexity index is 1690. The number of carboxylic acid groups (broad SMARTS) is 1. The molecule has 2 aliphatic rings. The number of hydrogen-bond acceptors (Lipinski definition) is 7. The second-order valence-corrected chi connectivity index (χ2v) is 10.7. The van der Waals surface area contributed by atoms with Gasteiger partial charge in [-0.2, -0.15) is 4.98 Å². The minimum atomic E-state index is -1.28. The molecule has 0 unspecified atom stereocenters. The van der Waals surface area contributed by atoms with Gasteiger partial charge in [0, 0.05) is 63.4 Å². The van der Waals surface area contributed by atoms with Gasteiger partial charge in [-0.25, -0.2) is 9.78 Å². The first-order chi connectivity index (χ1) is 19.9. The van der Waals surface area contributed by atoms with Gasteiger partial charge >= 0.3 is 5.97 Å². The van der Waals surface area contributed by atoms with Gasteiger partial charge in [0.2, 0.25) is 17.3 Å². The van der Waals surface area contributed by atoms with Gasteiger partial charge in [0.05, 0.1) is 5.39 Å². The smallest absolute Gasteiger partial charge is 0.341 e. The number of nitrogens with zero attached hydrogens (tertiary/aromatic N) is 5. The molecule has 2 aromatic carbocycles. The van der Waals surface area contributed by atoms with Crippen LogP contribution in [0.25, 0.3) is 16.7 Å². The van der Waals surface area contributed by atoms with Crippen molar-refractivity contribution in [2.45, 2.75) is 32.6 Å². The predicted octanol–water partition coefficient (Wildman–Crippen LogP) is 3.42. The molecule has 2 N–H and O–H groups in total. The second kappa shape index (κ2) is 11.1. The SMILES string of the molecule is CC(=O)N1CCN(CCc2ccc(Nc3ncc4c(=O)c(C(=O)O)cn(-c5ccc6c(c5)CCC6)c4n3)cc2)CC1. The summed E-state index contributed by atoms with van der Waals surface area (Å²) in [5, 5.41) is 13.1. The highest BCUT2D eigenvalue weighted by Gasteiger charge is 2.20. The maximum atomic E-state index is 13.0. The predicted molar refractivity (Wildman–Crippen MR) is 156 cm³/mol. The fourth-order valence-electron chi connectivity index (χ4n) is 5.69. The van der Waals surface area contributed by atoms with Gasteiger partial charge in [-0.1, -0.05) is 18.2 Å². The largest absolute Gasteiger partial charge is 0.477 e. The first-order valence-corrected chi connectivity index (χ1v) is 14.0. The number of fused-ring (bicyclic) bond motifs is 2. The zero-order valence-electron chi connectivity index (χ0n) is 23.0. The van der Waals surface area contributed by atoms with Crippen LogP contribution < -0.4 is 10.7 Å². The van der Waals surface area contributed by atoms with Crippen molar-refractivity contribution in [1.29, 1.82) is 0 Å². The van der Waals surface area contributed by atoms with Gasteiger partial charge in [-0.3, -0.25) is 14.5 Å². The van der Waals surface area contributed by atoms with Crippen LogP contribution in [0.4, 0.5) is 11.6 Å². The minimum absolute atomic E-state index is 0.139. The average Bonchev–Trinajstić information content (AvgIpc) is 3.45. The van der Waals surface area contributed by atoms with Crippen molar-refractivity contribution in [1.82, 2.24) is 24.3 Å². The van der Waals surface area contributed by atoms with Crippen molar-refractivity contribution in [3.63, 3.8) is 0 Å².